The standard InChI is InChI=1S/C22H25ClN2O4S/c23-19-14-18(30(27,28)25-13-12-16-6-4-5-9-20(16)25)10-11-21(19)29-15-22(26)24-17-7-2-1-3-8-17/h4-6,9-11,14,17H,1-3,7-8,12-13,15H2,(H,24,26). The van der Waals surface area contributed by atoms with Gasteiger partial charge in [0.1, 0.15) is 5.75 Å². The molecule has 0 spiro atoms. The van der Waals surface area contributed by atoms with Crippen LogP contribution < -0.4 is 14.4 Å². The highest BCUT2D eigenvalue weighted by molar-refractivity contribution is 7.92. The molecule has 0 unspecified atom stereocenters. The fraction of sp³-hybridized carbons (Fsp3) is 0.409. The molecule has 0 saturated heterocycles. The summed E-state index contributed by atoms with van der Waals surface area (Å²) < 4.78 is 33.2. The molecule has 1 fully saturated rings. The van der Waals surface area contributed by atoms with Crippen LogP contribution in [0.1, 0.15) is 37.7 Å². The van der Waals surface area contributed by atoms with Crippen molar-refractivity contribution in [2.75, 3.05) is 17.5 Å². The zero-order chi connectivity index (χ0) is 21.1. The van der Waals surface area contributed by atoms with Crippen LogP contribution in [0, 0.1) is 0 Å². The molecule has 2 aliphatic rings. The van der Waals surface area contributed by atoms with Crippen molar-refractivity contribution in [1.82, 2.24) is 5.32 Å². The molecule has 1 aliphatic carbocycles. The van der Waals surface area contributed by atoms with Crippen LogP contribution in [-0.2, 0) is 21.2 Å². The maximum Gasteiger partial charge on any atom is 0.264 e. The third-order valence-corrected chi connectivity index (χ3v) is 7.77. The molecule has 1 saturated carbocycles. The van der Waals surface area contributed by atoms with Crippen molar-refractivity contribution in [3.05, 3.63) is 53.1 Å². The summed E-state index contributed by atoms with van der Waals surface area (Å²) in [6.45, 7) is 0.251. The molecule has 0 atom stereocenters. The zero-order valence-electron chi connectivity index (χ0n) is 16.6. The third-order valence-electron chi connectivity index (χ3n) is 5.66. The number of rotatable bonds is 6. The van der Waals surface area contributed by atoms with Crippen molar-refractivity contribution in [3.8, 4) is 5.75 Å². The maximum atomic E-state index is 13.1. The minimum Gasteiger partial charge on any atom is -0.482 e. The van der Waals surface area contributed by atoms with Crippen LogP contribution >= 0.6 is 11.6 Å². The molecule has 30 heavy (non-hydrogen) atoms. The maximum absolute atomic E-state index is 13.1. The van der Waals surface area contributed by atoms with Gasteiger partial charge in [-0.25, -0.2) is 8.42 Å². The number of amides is 1. The predicted molar refractivity (Wildman–Crippen MR) is 117 cm³/mol. The summed E-state index contributed by atoms with van der Waals surface area (Å²) in [7, 11) is -3.73. The first kappa shape index (κ1) is 21.0. The lowest BCUT2D eigenvalue weighted by molar-refractivity contribution is -0.124. The number of hydrogen-bond acceptors (Lipinski definition) is 4. The first-order chi connectivity index (χ1) is 14.4. The number of anilines is 1. The highest BCUT2D eigenvalue weighted by Gasteiger charge is 2.31. The molecule has 0 bridgehead atoms. The Labute approximate surface area is 182 Å². The summed E-state index contributed by atoms with van der Waals surface area (Å²) in [6.07, 6.45) is 6.17. The van der Waals surface area contributed by atoms with E-state index in [-0.39, 0.29) is 34.2 Å². The summed E-state index contributed by atoms with van der Waals surface area (Å²) in [6, 6.07) is 12.0. The Morgan fingerprint density at radius 2 is 1.90 bits per heavy atom. The fourth-order valence-electron chi connectivity index (χ4n) is 4.10. The van der Waals surface area contributed by atoms with Crippen molar-refractivity contribution in [1.29, 1.82) is 0 Å². The molecular formula is C22H25ClN2O4S. The molecule has 6 nitrogen and oxygen atoms in total. The average molecular weight is 449 g/mol. The zero-order valence-corrected chi connectivity index (χ0v) is 18.2. The highest BCUT2D eigenvalue weighted by atomic mass is 35.5. The number of fused-ring (bicyclic) bond motifs is 1. The van der Waals surface area contributed by atoms with Crippen LogP contribution in [0.3, 0.4) is 0 Å². The third kappa shape index (κ3) is 4.42. The monoisotopic (exact) mass is 448 g/mol. The SMILES string of the molecule is O=C(COc1ccc(S(=O)(=O)N2CCc3ccccc32)cc1Cl)NC1CCCCC1. The van der Waals surface area contributed by atoms with Crippen molar-refractivity contribution >= 4 is 33.2 Å². The van der Waals surface area contributed by atoms with Gasteiger partial charge in [0.2, 0.25) is 0 Å². The van der Waals surface area contributed by atoms with Crippen LogP contribution in [0.15, 0.2) is 47.4 Å². The van der Waals surface area contributed by atoms with E-state index in [0.717, 1.165) is 31.2 Å². The van der Waals surface area contributed by atoms with Gasteiger partial charge in [-0.1, -0.05) is 49.1 Å². The first-order valence-corrected chi connectivity index (χ1v) is 12.1. The summed E-state index contributed by atoms with van der Waals surface area (Å²) in [4.78, 5) is 12.2. The first-order valence-electron chi connectivity index (χ1n) is 10.3. The number of nitrogens with one attached hydrogen (secondary N) is 1. The van der Waals surface area contributed by atoms with Gasteiger partial charge in [0, 0.05) is 12.6 Å². The molecule has 1 N–H and O–H groups in total. The van der Waals surface area contributed by atoms with Crippen LogP contribution in [0.5, 0.6) is 5.75 Å². The topological polar surface area (TPSA) is 75.7 Å². The number of carbonyl (C=O) groups excluding carboxylic acids is 1. The van der Waals surface area contributed by atoms with E-state index in [2.05, 4.69) is 5.32 Å². The van der Waals surface area contributed by atoms with E-state index in [1.807, 2.05) is 24.3 Å². The second-order valence-corrected chi connectivity index (χ2v) is 10.0. The number of benzene rings is 2. The predicted octanol–water partition coefficient (Wildman–Crippen LogP) is 3.92. The van der Waals surface area contributed by atoms with Crippen molar-refractivity contribution in [2.24, 2.45) is 0 Å². The molecule has 8 heteroatoms. The number of ether oxygens (including phenoxy) is 1. The lowest BCUT2D eigenvalue weighted by Crippen LogP contribution is -2.39. The van der Waals surface area contributed by atoms with E-state index in [4.69, 9.17) is 16.3 Å². The van der Waals surface area contributed by atoms with Gasteiger partial charge in [-0.15, -0.1) is 0 Å². The van der Waals surface area contributed by atoms with Gasteiger partial charge in [-0.2, -0.15) is 0 Å². The van der Waals surface area contributed by atoms with Gasteiger partial charge < -0.3 is 10.1 Å². The Morgan fingerprint density at radius 3 is 2.67 bits per heavy atom. The number of halogens is 1. The molecular weight excluding hydrogens is 424 g/mol. The number of hydrogen-bond donors (Lipinski definition) is 1. The largest absolute Gasteiger partial charge is 0.482 e. The minimum absolute atomic E-state index is 0.100. The van der Waals surface area contributed by atoms with Crippen molar-refractivity contribution in [2.45, 2.75) is 49.5 Å². The van der Waals surface area contributed by atoms with E-state index in [0.29, 0.717) is 18.7 Å². The van der Waals surface area contributed by atoms with E-state index in [1.165, 1.54) is 28.9 Å². The summed E-state index contributed by atoms with van der Waals surface area (Å²) in [5.74, 6) is 0.0968. The Bertz CT molecular complexity index is 1040. The number of para-hydroxylation sites is 1. The minimum atomic E-state index is -3.73. The summed E-state index contributed by atoms with van der Waals surface area (Å²) in [5.41, 5.74) is 1.71. The van der Waals surface area contributed by atoms with Gasteiger partial charge in [0.25, 0.3) is 15.9 Å². The van der Waals surface area contributed by atoms with E-state index >= 15 is 0 Å². The van der Waals surface area contributed by atoms with Crippen LogP contribution in [-0.4, -0.2) is 33.5 Å². The van der Waals surface area contributed by atoms with Gasteiger partial charge in [-0.05, 0) is 49.1 Å². The molecule has 4 rings (SSSR count). The summed E-state index contributed by atoms with van der Waals surface area (Å²) >= 11 is 6.28. The molecule has 2 aromatic carbocycles. The van der Waals surface area contributed by atoms with Crippen LogP contribution in [0.25, 0.3) is 0 Å². The molecule has 1 aliphatic heterocycles. The molecule has 160 valence electrons. The normalized spacial score (nSPS) is 16.9. The molecule has 0 radical (unpaired) electrons. The highest BCUT2D eigenvalue weighted by Crippen LogP contribution is 2.35. The van der Waals surface area contributed by atoms with E-state index < -0.39 is 10.0 Å². The lowest BCUT2D eigenvalue weighted by atomic mass is 9.95. The van der Waals surface area contributed by atoms with Gasteiger partial charge in [0.05, 0.1) is 15.6 Å². The van der Waals surface area contributed by atoms with E-state index in [9.17, 15) is 13.2 Å². The Hall–Kier alpha value is -2.25. The Balaban J connectivity index is 1.42. The lowest BCUT2D eigenvalue weighted by Gasteiger charge is -2.23. The van der Waals surface area contributed by atoms with Gasteiger partial charge in [-0.3, -0.25) is 9.10 Å². The quantitative estimate of drug-likeness (QED) is 0.726. The van der Waals surface area contributed by atoms with E-state index in [1.54, 1.807) is 0 Å². The molecule has 2 aromatic rings. The smallest absolute Gasteiger partial charge is 0.264 e. The second kappa shape index (κ2) is 8.86. The van der Waals surface area contributed by atoms with Crippen LogP contribution in [0.4, 0.5) is 5.69 Å². The van der Waals surface area contributed by atoms with Crippen molar-refractivity contribution in [3.63, 3.8) is 0 Å². The Morgan fingerprint density at radius 1 is 1.13 bits per heavy atom. The summed E-state index contributed by atoms with van der Waals surface area (Å²) in [5, 5.41) is 3.14. The van der Waals surface area contributed by atoms with Crippen molar-refractivity contribution < 1.29 is 17.9 Å². The number of nitrogens with zero attached hydrogens (tertiary/aromatic N) is 1. The van der Waals surface area contributed by atoms with Gasteiger partial charge >= 0.3 is 0 Å². The molecule has 1 heterocycles. The number of carbonyl (C=O) groups is 1. The second-order valence-electron chi connectivity index (χ2n) is 7.74. The molecule has 1 amide bonds. The van der Waals surface area contributed by atoms with Crippen LogP contribution in [0.2, 0.25) is 5.02 Å². The average Bonchev–Trinajstić information content (AvgIpc) is 3.18. The fourth-order valence-corrected chi connectivity index (χ4v) is 5.93. The van der Waals surface area contributed by atoms with Gasteiger partial charge in [0.15, 0.2) is 6.61 Å². The Kier molecular flexibility index (Phi) is 6.20. The number of sulfonamides is 1. The molecule has 0 aromatic heterocycles.